The molecule has 0 aliphatic heterocycles. The Morgan fingerprint density at radius 1 is 0.466 bits per heavy atom. The molecule has 11 aromatic rings. The molecule has 11 heteroatoms. The molecule has 3 heterocycles. The van der Waals surface area contributed by atoms with Crippen molar-refractivity contribution in [3.63, 3.8) is 0 Å². The summed E-state index contributed by atoms with van der Waals surface area (Å²) in [6, 6.07) is 76.5. The lowest BCUT2D eigenvalue weighted by Crippen LogP contribution is -2.38. The third kappa shape index (κ3) is 10.3. The normalized spacial score (nSPS) is 10.8. The van der Waals surface area contributed by atoms with Crippen LogP contribution in [0.3, 0.4) is 0 Å². The van der Waals surface area contributed by atoms with Crippen LogP contribution < -0.4 is 14.2 Å². The highest BCUT2D eigenvalue weighted by Crippen LogP contribution is 2.42. The lowest BCUT2D eigenvalue weighted by molar-refractivity contribution is -0.778. The molecule has 0 saturated heterocycles. The third-order valence-electron chi connectivity index (χ3n) is 12.5. The molecule has 73 heavy (non-hydrogen) atoms. The zero-order valence-corrected chi connectivity index (χ0v) is 40.6. The topological polar surface area (TPSA) is 123 Å². The van der Waals surface area contributed by atoms with Gasteiger partial charge in [0.15, 0.2) is 11.8 Å². The molecule has 0 fully saturated rings. The summed E-state index contributed by atoms with van der Waals surface area (Å²) in [5.74, 6) is 3.29. The number of nitriles is 1. The van der Waals surface area contributed by atoms with Gasteiger partial charge in [0.05, 0.1) is 22.8 Å². The first-order valence-corrected chi connectivity index (χ1v) is 24.3. The zero-order chi connectivity index (χ0) is 49.8. The van der Waals surface area contributed by atoms with Crippen LogP contribution in [0.25, 0.3) is 90.1 Å². The molecule has 0 saturated carbocycles. The van der Waals surface area contributed by atoms with E-state index >= 15 is 0 Å². The smallest absolute Gasteiger partial charge is 0.291 e. The fraction of sp³-hybridized carbons (Fsp3) is 0.0968. The van der Waals surface area contributed by atoms with Crippen LogP contribution in [0, 0.1) is 11.3 Å². The molecule has 0 spiro atoms. The second kappa shape index (κ2) is 22.4. The number of hydrogen-bond donors (Lipinski definition) is 1. The monoisotopic (exact) mass is 954 g/mol. The Kier molecular flexibility index (Phi) is 14.4. The number of benzene rings is 8. The van der Waals surface area contributed by atoms with Crippen LogP contribution in [0.5, 0.6) is 11.5 Å². The maximum absolute atomic E-state index is 8.89. The maximum Gasteiger partial charge on any atom is 0.291 e. The Hall–Kier alpha value is -9.66. The predicted molar refractivity (Wildman–Crippen MR) is 288 cm³/mol. The molecule has 0 radical (unpaired) electrons. The van der Waals surface area contributed by atoms with Crippen LogP contribution >= 0.6 is 0 Å². The van der Waals surface area contributed by atoms with Gasteiger partial charge >= 0.3 is 0 Å². The van der Waals surface area contributed by atoms with E-state index in [1.807, 2.05) is 72.8 Å². The van der Waals surface area contributed by atoms with Gasteiger partial charge in [0.1, 0.15) is 34.3 Å². The number of imidazole rings is 2. The van der Waals surface area contributed by atoms with Crippen LogP contribution in [0.4, 0.5) is 0 Å². The van der Waals surface area contributed by atoms with Gasteiger partial charge in [-0.1, -0.05) is 199 Å². The van der Waals surface area contributed by atoms with E-state index in [0.717, 1.165) is 109 Å². The molecule has 0 unspecified atom stereocenters. The number of aromatic amines is 1. The van der Waals surface area contributed by atoms with Crippen LogP contribution in [-0.2, 0) is 19.8 Å². The summed E-state index contributed by atoms with van der Waals surface area (Å²) in [6.07, 6.45) is 1.58. The number of nitrogens with zero attached hydrogens (tertiary/aromatic N) is 8. The van der Waals surface area contributed by atoms with Gasteiger partial charge in [-0.3, -0.25) is 0 Å². The summed E-state index contributed by atoms with van der Waals surface area (Å²) in [6.45, 7) is 6.20. The molecule has 11 nitrogen and oxygen atoms in total. The van der Waals surface area contributed by atoms with Crippen molar-refractivity contribution in [1.29, 1.82) is 5.26 Å². The molecule has 0 aliphatic carbocycles. The minimum atomic E-state index is 0.0201. The van der Waals surface area contributed by atoms with Crippen molar-refractivity contribution in [1.82, 2.24) is 34.6 Å². The number of aromatic nitrogens is 8. The third-order valence-corrected chi connectivity index (χ3v) is 12.5. The van der Waals surface area contributed by atoms with E-state index in [0.29, 0.717) is 12.5 Å². The lowest BCUT2D eigenvalue weighted by atomic mass is 9.99. The van der Waals surface area contributed by atoms with Crippen LogP contribution in [0.2, 0.25) is 0 Å². The molecule has 0 amide bonds. The molecule has 8 aromatic carbocycles. The van der Waals surface area contributed by atoms with Gasteiger partial charge in [-0.25, -0.2) is 9.97 Å². The second-order valence-electron chi connectivity index (χ2n) is 17.0. The van der Waals surface area contributed by atoms with Crippen LogP contribution in [-0.4, -0.2) is 41.2 Å². The van der Waals surface area contributed by atoms with Crippen LogP contribution in [0.1, 0.15) is 13.8 Å². The summed E-state index contributed by atoms with van der Waals surface area (Å²) < 4.78 is 17.8. The van der Waals surface area contributed by atoms with Gasteiger partial charge < -0.3 is 18.6 Å². The van der Waals surface area contributed by atoms with E-state index in [9.17, 15) is 0 Å². The van der Waals surface area contributed by atoms with Crippen molar-refractivity contribution in [3.05, 3.63) is 225 Å². The van der Waals surface area contributed by atoms with E-state index < -0.39 is 0 Å². The van der Waals surface area contributed by atoms with Gasteiger partial charge in [0.25, 0.3) is 6.33 Å². The molecule has 11 rings (SSSR count). The van der Waals surface area contributed by atoms with E-state index in [2.05, 4.69) is 190 Å². The van der Waals surface area contributed by atoms with Gasteiger partial charge in [-0.2, -0.15) is 5.26 Å². The number of rotatable bonds is 15. The van der Waals surface area contributed by atoms with Gasteiger partial charge in [-0.15, -0.1) is 4.68 Å². The Morgan fingerprint density at radius 2 is 0.863 bits per heavy atom. The Balaban J connectivity index is 0.000000168. The molecule has 3 aromatic heterocycles. The fourth-order valence-corrected chi connectivity index (χ4v) is 9.19. The molecule has 0 atom stereocenters. The first kappa shape index (κ1) is 47.0. The molecular formula is C62H52N9O2+. The van der Waals surface area contributed by atoms with Crippen LogP contribution in [0.15, 0.2) is 225 Å². The van der Waals surface area contributed by atoms with E-state index in [1.54, 1.807) is 11.0 Å². The van der Waals surface area contributed by atoms with E-state index in [1.165, 1.54) is 0 Å². The number of ether oxygens (including phenoxy) is 2. The summed E-state index contributed by atoms with van der Waals surface area (Å²) in [5, 5.41) is 19.1. The number of hydrogen-bond acceptors (Lipinski definition) is 7. The Bertz CT molecular complexity index is 3610. The fourth-order valence-electron chi connectivity index (χ4n) is 9.19. The van der Waals surface area contributed by atoms with Crippen molar-refractivity contribution in [2.75, 3.05) is 6.61 Å². The lowest BCUT2D eigenvalue weighted by Gasteiger charge is -2.14. The minimum Gasteiger partial charge on any atom is -0.479 e. The highest BCUT2D eigenvalue weighted by atomic mass is 16.5. The van der Waals surface area contributed by atoms with Crippen molar-refractivity contribution < 1.29 is 14.2 Å². The SMILES string of the molecule is CCn1c(-c2ccccc2-c2cccc(OCC#N)c2)nc(-c2ccccc2)c1-c1ccccc1.CCn1c(-c2ccccc2-c2cccc(OC[n+]3cnn[nH]3)c2)nc(-c2ccccc2)c1-c1ccccc1. The van der Waals surface area contributed by atoms with Crippen molar-refractivity contribution in [2.24, 2.45) is 0 Å². The van der Waals surface area contributed by atoms with Gasteiger partial charge in [0, 0.05) is 46.5 Å². The number of tetrazole rings is 1. The zero-order valence-electron chi connectivity index (χ0n) is 40.6. The standard InChI is InChI=1S/C31H26N6O.C31H25N3O/c1-2-37-30(24-14-7-4-8-15-24)29(23-12-5-3-6-13-23)33-31(37)28-19-10-9-18-27(28)25-16-11-17-26(20-25)38-22-36-21-32-34-35-36;1-2-34-30(24-14-7-4-8-15-24)29(23-12-5-3-6-13-23)33-31(34)28-19-10-9-18-27(28)25-16-11-17-26(22-25)35-21-20-32/h3-21H,2,22H2,1H3;3-19,22H,2,21H2,1H3/p+1. The average molecular weight is 955 g/mol. The second-order valence-corrected chi connectivity index (χ2v) is 17.0. The summed E-state index contributed by atoms with van der Waals surface area (Å²) >= 11 is 0. The largest absolute Gasteiger partial charge is 0.479 e. The van der Waals surface area contributed by atoms with Crippen molar-refractivity contribution in [2.45, 2.75) is 33.7 Å². The van der Waals surface area contributed by atoms with Crippen molar-refractivity contribution >= 4 is 0 Å². The number of H-pyrrole nitrogens is 1. The minimum absolute atomic E-state index is 0.0201. The average Bonchev–Trinajstić information content (AvgIpc) is 4.24. The number of nitrogens with one attached hydrogen (secondary N) is 1. The summed E-state index contributed by atoms with van der Waals surface area (Å²) in [7, 11) is 0. The molecule has 1 N–H and O–H groups in total. The molecule has 0 bridgehead atoms. The Morgan fingerprint density at radius 3 is 1.27 bits per heavy atom. The molecule has 0 aliphatic rings. The van der Waals surface area contributed by atoms with Crippen molar-refractivity contribution in [3.8, 4) is 108 Å². The quantitative estimate of drug-likeness (QED) is 0.102. The summed E-state index contributed by atoms with van der Waals surface area (Å²) in [4.78, 5) is 10.5. The predicted octanol–water partition coefficient (Wildman–Crippen LogP) is 13.5. The van der Waals surface area contributed by atoms with Gasteiger partial charge in [-0.05, 0) is 60.4 Å². The maximum atomic E-state index is 8.89. The molecular weight excluding hydrogens is 903 g/mol. The van der Waals surface area contributed by atoms with Gasteiger partial charge in [0.2, 0.25) is 6.73 Å². The van der Waals surface area contributed by atoms with E-state index in [-0.39, 0.29) is 6.61 Å². The summed E-state index contributed by atoms with van der Waals surface area (Å²) in [5.41, 5.74) is 15.0. The first-order chi connectivity index (χ1) is 36.1. The first-order valence-electron chi connectivity index (χ1n) is 24.3. The van der Waals surface area contributed by atoms with E-state index in [4.69, 9.17) is 24.7 Å². The Labute approximate surface area is 424 Å². The molecule has 356 valence electrons. The highest BCUT2D eigenvalue weighted by Gasteiger charge is 2.24. The highest BCUT2D eigenvalue weighted by molar-refractivity contribution is 5.89.